The van der Waals surface area contributed by atoms with E-state index in [1.807, 2.05) is 18.2 Å². The Morgan fingerprint density at radius 3 is 2.58 bits per heavy atom. The highest BCUT2D eigenvalue weighted by Crippen LogP contribution is 2.46. The number of fused-ring (bicyclic) bond motifs is 3. The molecule has 0 aromatic heterocycles. The Labute approximate surface area is 322 Å². The predicted octanol–water partition coefficient (Wildman–Crippen LogP) is 7.55. The van der Waals surface area contributed by atoms with Gasteiger partial charge in [0.15, 0.2) is 9.84 Å². The van der Waals surface area contributed by atoms with Crippen molar-refractivity contribution in [2.75, 3.05) is 30.3 Å². The number of carbonyl (C=O) groups is 1. The normalized spacial score (nSPS) is 22.9. The molecule has 9 nitrogen and oxygen atoms in total. The largest absolute Gasteiger partial charge is 0.490 e. The molecule has 1 saturated carbocycles. The van der Waals surface area contributed by atoms with E-state index in [0.717, 1.165) is 44.9 Å². The molecular formula is C41H57ClN2O7S2. The number of sulfonamides is 1. The summed E-state index contributed by atoms with van der Waals surface area (Å²) in [6.07, 6.45) is 12.0. The molecule has 53 heavy (non-hydrogen) atoms. The summed E-state index contributed by atoms with van der Waals surface area (Å²) >= 11 is 6.43. The molecule has 3 aliphatic rings. The molecule has 292 valence electrons. The van der Waals surface area contributed by atoms with Crippen LogP contribution in [-0.2, 0) is 31.7 Å². The van der Waals surface area contributed by atoms with Crippen LogP contribution in [0.2, 0.25) is 5.02 Å². The molecule has 2 N–H and O–H groups in total. The number of benzene rings is 2. The first kappa shape index (κ1) is 41.3. The molecule has 1 unspecified atom stereocenters. The van der Waals surface area contributed by atoms with Crippen molar-refractivity contribution >= 4 is 43.1 Å². The number of aliphatic hydroxyl groups is 1. The van der Waals surface area contributed by atoms with Crippen LogP contribution in [0.3, 0.4) is 0 Å². The predicted molar refractivity (Wildman–Crippen MR) is 214 cm³/mol. The minimum Gasteiger partial charge on any atom is -0.490 e. The third-order valence-electron chi connectivity index (χ3n) is 11.5. The minimum atomic E-state index is -4.25. The fraction of sp³-hybridized carbons (Fsp3) is 0.585. The molecule has 1 aliphatic heterocycles. The van der Waals surface area contributed by atoms with Crippen molar-refractivity contribution in [2.24, 2.45) is 11.8 Å². The van der Waals surface area contributed by atoms with Crippen molar-refractivity contribution in [3.05, 3.63) is 82.9 Å². The quantitative estimate of drug-likeness (QED) is 0.177. The number of halogens is 1. The van der Waals surface area contributed by atoms with Crippen LogP contribution in [0.1, 0.15) is 107 Å². The van der Waals surface area contributed by atoms with Crippen LogP contribution in [0.15, 0.2) is 61.2 Å². The Kier molecular flexibility index (Phi) is 13.2. The molecule has 2 aliphatic carbocycles. The Balaban J connectivity index is 1.45. The fourth-order valence-corrected chi connectivity index (χ4v) is 10.9. The smallest absolute Gasteiger partial charge is 0.264 e. The number of hydrogen-bond donors (Lipinski definition) is 2. The molecule has 5 atom stereocenters. The summed E-state index contributed by atoms with van der Waals surface area (Å²) in [7, 11) is -7.84. The van der Waals surface area contributed by atoms with Gasteiger partial charge in [-0.1, -0.05) is 49.2 Å². The molecule has 0 bridgehead atoms. The van der Waals surface area contributed by atoms with E-state index in [1.165, 1.54) is 11.1 Å². The number of nitrogens with zero attached hydrogens (tertiary/aromatic N) is 1. The van der Waals surface area contributed by atoms with E-state index in [-0.39, 0.29) is 41.4 Å². The van der Waals surface area contributed by atoms with E-state index in [1.54, 1.807) is 45.0 Å². The third-order valence-corrected chi connectivity index (χ3v) is 16.2. The van der Waals surface area contributed by atoms with E-state index < -0.39 is 41.9 Å². The molecule has 1 heterocycles. The second kappa shape index (κ2) is 16.9. The van der Waals surface area contributed by atoms with E-state index in [4.69, 9.17) is 16.3 Å². The minimum absolute atomic E-state index is 0.107. The fourth-order valence-electron chi connectivity index (χ4n) is 7.98. The Bertz CT molecular complexity index is 1890. The molecule has 5 rings (SSSR count). The SMILES string of the molecule is C=CCCC(CCS(=O)(=O)C(C)(C)C)S(=O)(=O)NC(=O)c1ccc2c(c1)N(C[C@@H]1CC[C@H]1[C@@H](O)/C=C/CCC)C[C@@]1(CCCc3cc(Cl)ccc31)CO2. The van der Waals surface area contributed by atoms with Crippen LogP contribution < -0.4 is 14.4 Å². The Morgan fingerprint density at radius 2 is 1.91 bits per heavy atom. The standard InChI is InChI=1S/C41H57ClN2O7S2/c1-6-8-10-14-37(45)34-18-15-31(34)26-44-27-41(22-11-12-29-24-32(42)17-19-35(29)41)28-51-38-20-16-30(25-36(38)44)39(46)43-53(49,50)33(13-9-7-2)21-23-52(47,48)40(3,4)5/h7,10,14,16-17,19-20,24-25,31,33-34,37,45H,2,6,8-9,11-13,15,18,21-23,26-28H2,1,3-5H3,(H,43,46)/b14-10+/t31-,33?,34+,37-,41-/m0/s1. The van der Waals surface area contributed by atoms with Gasteiger partial charge in [0.25, 0.3) is 5.91 Å². The van der Waals surface area contributed by atoms with E-state index in [0.29, 0.717) is 42.6 Å². The Morgan fingerprint density at radius 1 is 1.13 bits per heavy atom. The van der Waals surface area contributed by atoms with Crippen molar-refractivity contribution in [1.29, 1.82) is 0 Å². The van der Waals surface area contributed by atoms with Gasteiger partial charge in [0.2, 0.25) is 10.0 Å². The molecule has 0 saturated heterocycles. The summed E-state index contributed by atoms with van der Waals surface area (Å²) in [4.78, 5) is 16.1. The zero-order chi connectivity index (χ0) is 38.6. The van der Waals surface area contributed by atoms with Gasteiger partial charge in [0, 0.05) is 29.1 Å². The van der Waals surface area contributed by atoms with Crippen molar-refractivity contribution in [1.82, 2.24) is 4.72 Å². The number of aliphatic hydroxyl groups excluding tert-OH is 1. The van der Waals surface area contributed by atoms with Crippen LogP contribution in [-0.4, -0.2) is 69.4 Å². The summed E-state index contributed by atoms with van der Waals surface area (Å²) in [5.74, 6) is -0.181. The lowest BCUT2D eigenvalue weighted by Crippen LogP contribution is -2.49. The Hall–Kier alpha value is -2.86. The maximum atomic E-state index is 13.8. The summed E-state index contributed by atoms with van der Waals surface area (Å²) in [5.41, 5.74) is 2.94. The van der Waals surface area contributed by atoms with Gasteiger partial charge in [-0.2, -0.15) is 0 Å². The summed E-state index contributed by atoms with van der Waals surface area (Å²) in [6, 6.07) is 11.1. The maximum absolute atomic E-state index is 13.8. The van der Waals surface area contributed by atoms with Gasteiger partial charge >= 0.3 is 0 Å². The topological polar surface area (TPSA) is 130 Å². The van der Waals surface area contributed by atoms with E-state index in [9.17, 15) is 26.7 Å². The lowest BCUT2D eigenvalue weighted by Gasteiger charge is -2.45. The zero-order valence-corrected chi connectivity index (χ0v) is 34.0. The van der Waals surface area contributed by atoms with Crippen LogP contribution in [0, 0.1) is 11.8 Å². The van der Waals surface area contributed by atoms with Crippen LogP contribution >= 0.6 is 11.6 Å². The monoisotopic (exact) mass is 788 g/mol. The van der Waals surface area contributed by atoms with Gasteiger partial charge in [-0.15, -0.1) is 6.58 Å². The molecule has 2 aromatic carbocycles. The van der Waals surface area contributed by atoms with Crippen molar-refractivity contribution in [2.45, 2.75) is 113 Å². The van der Waals surface area contributed by atoms with Gasteiger partial charge in [0.1, 0.15) is 5.75 Å². The number of anilines is 1. The highest BCUT2D eigenvalue weighted by molar-refractivity contribution is 7.93. The second-order valence-electron chi connectivity index (χ2n) is 16.2. The maximum Gasteiger partial charge on any atom is 0.264 e. The van der Waals surface area contributed by atoms with Gasteiger partial charge in [0.05, 0.1) is 34.1 Å². The first-order valence-corrected chi connectivity index (χ1v) is 22.6. The first-order valence-electron chi connectivity index (χ1n) is 19.0. The molecule has 1 spiro atoms. The van der Waals surface area contributed by atoms with Gasteiger partial charge in [-0.05, 0) is 132 Å². The average molecular weight is 790 g/mol. The number of ether oxygens (including phenoxy) is 1. The number of unbranched alkanes of at least 4 members (excludes halogenated alkanes) is 1. The van der Waals surface area contributed by atoms with Crippen LogP contribution in [0.4, 0.5) is 5.69 Å². The molecule has 2 aromatic rings. The summed E-state index contributed by atoms with van der Waals surface area (Å²) in [6.45, 7) is 12.3. The van der Waals surface area contributed by atoms with Crippen molar-refractivity contribution < 1.29 is 31.5 Å². The van der Waals surface area contributed by atoms with Crippen LogP contribution in [0.5, 0.6) is 5.75 Å². The first-order chi connectivity index (χ1) is 25.0. The number of hydrogen-bond acceptors (Lipinski definition) is 8. The number of rotatable bonds is 15. The van der Waals surface area contributed by atoms with E-state index in [2.05, 4.69) is 35.3 Å². The number of carbonyl (C=O) groups excluding carboxylic acids is 1. The third kappa shape index (κ3) is 9.51. The number of allylic oxidation sites excluding steroid dienone is 2. The number of aryl methyl sites for hydroxylation is 1. The lowest BCUT2D eigenvalue weighted by molar-refractivity contribution is 0.0456. The molecule has 0 radical (unpaired) electrons. The second-order valence-corrected chi connectivity index (χ2v) is 21.4. The van der Waals surface area contributed by atoms with E-state index >= 15 is 0 Å². The van der Waals surface area contributed by atoms with Gasteiger partial charge in [-0.3, -0.25) is 4.79 Å². The molecule has 1 fully saturated rings. The van der Waals surface area contributed by atoms with Gasteiger partial charge < -0.3 is 14.7 Å². The molecule has 12 heteroatoms. The molecular weight excluding hydrogens is 732 g/mol. The highest BCUT2D eigenvalue weighted by atomic mass is 35.5. The zero-order valence-electron chi connectivity index (χ0n) is 31.7. The average Bonchev–Trinajstić information content (AvgIpc) is 3.22. The highest BCUT2D eigenvalue weighted by Gasteiger charge is 2.44. The summed E-state index contributed by atoms with van der Waals surface area (Å²) in [5, 5.41) is 10.7. The van der Waals surface area contributed by atoms with Crippen molar-refractivity contribution in [3.63, 3.8) is 0 Å². The number of nitrogens with one attached hydrogen (secondary N) is 1. The molecule has 1 amide bonds. The van der Waals surface area contributed by atoms with Crippen LogP contribution in [0.25, 0.3) is 0 Å². The summed E-state index contributed by atoms with van der Waals surface area (Å²) < 4.78 is 60.9. The van der Waals surface area contributed by atoms with Crippen molar-refractivity contribution in [3.8, 4) is 5.75 Å². The lowest BCUT2D eigenvalue weighted by atomic mass is 9.68. The number of amides is 1. The number of sulfone groups is 1. The van der Waals surface area contributed by atoms with Gasteiger partial charge in [-0.25, -0.2) is 21.6 Å².